The third kappa shape index (κ3) is 1.28. The van der Waals surface area contributed by atoms with Crippen molar-refractivity contribution in [3.05, 3.63) is 17.3 Å². The van der Waals surface area contributed by atoms with Gasteiger partial charge in [-0.2, -0.15) is 5.26 Å². The molecular formula is C9H13N3. The van der Waals surface area contributed by atoms with E-state index in [0.29, 0.717) is 11.4 Å². The van der Waals surface area contributed by atoms with E-state index in [1.54, 1.807) is 6.20 Å². The van der Waals surface area contributed by atoms with Crippen molar-refractivity contribution in [1.82, 2.24) is 4.98 Å². The first-order valence-corrected chi connectivity index (χ1v) is 3.84. The van der Waals surface area contributed by atoms with E-state index in [9.17, 15) is 0 Å². The number of nitrogen functional groups attached to an aromatic ring is 1. The van der Waals surface area contributed by atoms with E-state index in [4.69, 9.17) is 11.0 Å². The van der Waals surface area contributed by atoms with Crippen molar-refractivity contribution in [2.75, 3.05) is 5.73 Å². The van der Waals surface area contributed by atoms with E-state index in [1.165, 1.54) is 0 Å². The summed E-state index contributed by atoms with van der Waals surface area (Å²) < 4.78 is 0. The number of hydrogen-bond acceptors (Lipinski definition) is 2. The molecule has 0 radical (unpaired) electrons. The number of H-pyrrole nitrogens is 1. The molecule has 0 aromatic carbocycles. The fourth-order valence-electron chi connectivity index (χ4n) is 1.15. The summed E-state index contributed by atoms with van der Waals surface area (Å²) in [5.41, 5.74) is 7.09. The Bertz CT molecular complexity index is 323. The maximum Gasteiger partial charge on any atom is 0.119 e. The molecule has 0 saturated heterocycles. The van der Waals surface area contributed by atoms with Gasteiger partial charge in [0.2, 0.25) is 0 Å². The average molecular weight is 163 g/mol. The van der Waals surface area contributed by atoms with Crippen LogP contribution in [0.2, 0.25) is 0 Å². The van der Waals surface area contributed by atoms with Crippen molar-refractivity contribution >= 4 is 5.82 Å². The second-order valence-corrected chi connectivity index (χ2v) is 3.85. The molecule has 3 heteroatoms. The lowest BCUT2D eigenvalue weighted by Gasteiger charge is -2.16. The maximum absolute atomic E-state index is 8.80. The van der Waals surface area contributed by atoms with Crippen molar-refractivity contribution in [3.63, 3.8) is 0 Å². The molecule has 3 nitrogen and oxygen atoms in total. The fourth-order valence-corrected chi connectivity index (χ4v) is 1.15. The zero-order chi connectivity index (χ0) is 9.35. The molecule has 64 valence electrons. The van der Waals surface area contributed by atoms with Crippen molar-refractivity contribution in [3.8, 4) is 6.07 Å². The lowest BCUT2D eigenvalue weighted by molar-refractivity contribution is 0.589. The van der Waals surface area contributed by atoms with Gasteiger partial charge in [0.15, 0.2) is 0 Å². The molecule has 0 aliphatic rings. The van der Waals surface area contributed by atoms with Gasteiger partial charge in [-0.05, 0) is 11.0 Å². The van der Waals surface area contributed by atoms with E-state index in [2.05, 4.69) is 31.8 Å². The molecule has 0 aliphatic carbocycles. The second kappa shape index (κ2) is 2.56. The quantitative estimate of drug-likeness (QED) is 0.612. The van der Waals surface area contributed by atoms with Crippen molar-refractivity contribution in [1.29, 1.82) is 5.26 Å². The molecule has 3 N–H and O–H groups in total. The van der Waals surface area contributed by atoms with Gasteiger partial charge in [0.25, 0.3) is 0 Å². The number of nitrogens with one attached hydrogen (secondary N) is 1. The number of hydrogen-bond donors (Lipinski definition) is 2. The molecule has 0 spiro atoms. The third-order valence-electron chi connectivity index (χ3n) is 1.83. The SMILES string of the molecule is CC(C)(C)c1c[nH]c(N)c1C#N. The summed E-state index contributed by atoms with van der Waals surface area (Å²) in [5, 5.41) is 8.80. The average Bonchev–Trinajstić information content (AvgIpc) is 2.29. The van der Waals surface area contributed by atoms with Gasteiger partial charge in [-0.3, -0.25) is 0 Å². The van der Waals surface area contributed by atoms with E-state index in [1.807, 2.05) is 0 Å². The van der Waals surface area contributed by atoms with Crippen molar-refractivity contribution in [2.45, 2.75) is 26.2 Å². The summed E-state index contributed by atoms with van der Waals surface area (Å²) in [5.74, 6) is 0.461. The van der Waals surface area contributed by atoms with Crippen LogP contribution in [0.5, 0.6) is 0 Å². The van der Waals surface area contributed by atoms with Crippen LogP contribution in [-0.2, 0) is 5.41 Å². The number of nitrogens with zero attached hydrogens (tertiary/aromatic N) is 1. The van der Waals surface area contributed by atoms with Gasteiger partial charge in [-0.25, -0.2) is 0 Å². The predicted octanol–water partition coefficient (Wildman–Crippen LogP) is 1.77. The van der Waals surface area contributed by atoms with Gasteiger partial charge < -0.3 is 10.7 Å². The van der Waals surface area contributed by atoms with Crippen LogP contribution in [0.4, 0.5) is 5.82 Å². The second-order valence-electron chi connectivity index (χ2n) is 3.85. The van der Waals surface area contributed by atoms with Crippen LogP contribution in [0.3, 0.4) is 0 Å². The number of nitrogens with two attached hydrogens (primary N) is 1. The Morgan fingerprint density at radius 1 is 1.50 bits per heavy atom. The lowest BCUT2D eigenvalue weighted by atomic mass is 9.86. The minimum Gasteiger partial charge on any atom is -0.384 e. The van der Waals surface area contributed by atoms with E-state index in [-0.39, 0.29) is 5.41 Å². The molecule has 0 bridgehead atoms. The van der Waals surface area contributed by atoms with Crippen LogP contribution in [0.15, 0.2) is 6.20 Å². The largest absolute Gasteiger partial charge is 0.384 e. The number of anilines is 1. The number of nitriles is 1. The highest BCUT2D eigenvalue weighted by atomic mass is 14.8. The van der Waals surface area contributed by atoms with E-state index < -0.39 is 0 Å². The van der Waals surface area contributed by atoms with Crippen LogP contribution < -0.4 is 5.73 Å². The number of aromatic nitrogens is 1. The van der Waals surface area contributed by atoms with E-state index in [0.717, 1.165) is 5.56 Å². The first-order chi connectivity index (χ1) is 5.46. The van der Waals surface area contributed by atoms with Gasteiger partial charge in [-0.1, -0.05) is 20.8 Å². The highest BCUT2D eigenvalue weighted by molar-refractivity contribution is 5.55. The highest BCUT2D eigenvalue weighted by Crippen LogP contribution is 2.28. The summed E-state index contributed by atoms with van der Waals surface area (Å²) in [7, 11) is 0. The van der Waals surface area contributed by atoms with Gasteiger partial charge >= 0.3 is 0 Å². The summed E-state index contributed by atoms with van der Waals surface area (Å²) in [6.45, 7) is 6.16. The Labute approximate surface area is 72.2 Å². The fraction of sp³-hybridized carbons (Fsp3) is 0.444. The Morgan fingerprint density at radius 3 is 2.42 bits per heavy atom. The van der Waals surface area contributed by atoms with Crippen LogP contribution in [0.25, 0.3) is 0 Å². The Kier molecular flexibility index (Phi) is 1.85. The zero-order valence-electron chi connectivity index (χ0n) is 7.60. The minimum atomic E-state index is -0.0286. The summed E-state index contributed by atoms with van der Waals surface area (Å²) in [6, 6.07) is 2.09. The molecule has 1 heterocycles. The predicted molar refractivity (Wildman–Crippen MR) is 48.6 cm³/mol. The van der Waals surface area contributed by atoms with Crippen LogP contribution in [-0.4, -0.2) is 4.98 Å². The first-order valence-electron chi connectivity index (χ1n) is 3.84. The molecule has 0 unspecified atom stereocenters. The van der Waals surface area contributed by atoms with Crippen LogP contribution in [0, 0.1) is 11.3 Å². The van der Waals surface area contributed by atoms with Crippen LogP contribution in [0.1, 0.15) is 31.9 Å². The molecule has 0 amide bonds. The molecule has 0 saturated carbocycles. The topological polar surface area (TPSA) is 65.6 Å². The summed E-state index contributed by atoms with van der Waals surface area (Å²) in [6.07, 6.45) is 1.80. The molecule has 12 heavy (non-hydrogen) atoms. The lowest BCUT2D eigenvalue weighted by Crippen LogP contribution is -2.11. The van der Waals surface area contributed by atoms with Gasteiger partial charge in [0.05, 0.1) is 5.56 Å². The third-order valence-corrected chi connectivity index (χ3v) is 1.83. The Morgan fingerprint density at radius 2 is 2.08 bits per heavy atom. The molecule has 0 aliphatic heterocycles. The van der Waals surface area contributed by atoms with Crippen LogP contribution >= 0.6 is 0 Å². The molecule has 1 aromatic rings. The first kappa shape index (κ1) is 8.66. The highest BCUT2D eigenvalue weighted by Gasteiger charge is 2.20. The normalized spacial score (nSPS) is 11.2. The van der Waals surface area contributed by atoms with Gasteiger partial charge in [0.1, 0.15) is 11.9 Å². The summed E-state index contributed by atoms with van der Waals surface area (Å²) in [4.78, 5) is 2.85. The van der Waals surface area contributed by atoms with E-state index >= 15 is 0 Å². The zero-order valence-corrected chi connectivity index (χ0v) is 7.60. The van der Waals surface area contributed by atoms with Crippen molar-refractivity contribution < 1.29 is 0 Å². The number of aromatic amines is 1. The maximum atomic E-state index is 8.80. The smallest absolute Gasteiger partial charge is 0.119 e. The molecule has 1 rings (SSSR count). The molecule has 1 aromatic heterocycles. The minimum absolute atomic E-state index is 0.0286. The number of rotatable bonds is 0. The van der Waals surface area contributed by atoms with Gasteiger partial charge in [0, 0.05) is 6.20 Å². The van der Waals surface area contributed by atoms with Gasteiger partial charge in [-0.15, -0.1) is 0 Å². The Balaban J connectivity index is 3.28. The van der Waals surface area contributed by atoms with Crippen molar-refractivity contribution in [2.24, 2.45) is 0 Å². The molecule has 0 fully saturated rings. The monoisotopic (exact) mass is 163 g/mol. The molecular weight excluding hydrogens is 150 g/mol. The molecule has 0 atom stereocenters. The Hall–Kier alpha value is -1.43. The standard InChI is InChI=1S/C9H13N3/c1-9(2,3)7-5-12-8(11)6(7)4-10/h5,12H,11H2,1-3H3. The summed E-state index contributed by atoms with van der Waals surface area (Å²) >= 11 is 0.